The van der Waals surface area contributed by atoms with Gasteiger partial charge in [0.05, 0.1) is 0 Å². The van der Waals surface area contributed by atoms with E-state index >= 15 is 0 Å². The maximum Gasteiger partial charge on any atom is 0.0359 e. The molecule has 0 aromatic rings. The van der Waals surface area contributed by atoms with E-state index in [4.69, 9.17) is 5.73 Å². The zero-order valence-electron chi connectivity index (χ0n) is 15.9. The van der Waals surface area contributed by atoms with Crippen molar-refractivity contribution >= 4 is 0 Å². The van der Waals surface area contributed by atoms with E-state index in [1.807, 2.05) is 0 Å². The van der Waals surface area contributed by atoms with Crippen molar-refractivity contribution in [1.82, 2.24) is 10.2 Å². The molecule has 0 radical (unpaired) electrons. The predicted molar refractivity (Wildman–Crippen MR) is 107 cm³/mol. The Bertz CT molecular complexity index is 634. The topological polar surface area (TPSA) is 41.3 Å². The Morgan fingerprint density at radius 3 is 2.80 bits per heavy atom. The van der Waals surface area contributed by atoms with E-state index in [0.717, 1.165) is 44.1 Å². The lowest BCUT2D eigenvalue weighted by atomic mass is 9.85. The molecule has 0 fully saturated rings. The van der Waals surface area contributed by atoms with E-state index in [2.05, 4.69) is 54.6 Å². The Morgan fingerprint density at radius 1 is 1.20 bits per heavy atom. The van der Waals surface area contributed by atoms with Gasteiger partial charge >= 0.3 is 0 Å². The van der Waals surface area contributed by atoms with Crippen LogP contribution in [0.25, 0.3) is 0 Å². The third kappa shape index (κ3) is 4.59. The van der Waals surface area contributed by atoms with Crippen molar-refractivity contribution in [1.29, 1.82) is 0 Å². The molecule has 0 spiro atoms. The van der Waals surface area contributed by atoms with Gasteiger partial charge in [-0.25, -0.2) is 0 Å². The minimum Gasteiger partial charge on any atom is -0.402 e. The number of nitrogens with two attached hydrogens (primary N) is 1. The lowest BCUT2D eigenvalue weighted by Crippen LogP contribution is -2.27. The monoisotopic (exact) mass is 339 g/mol. The van der Waals surface area contributed by atoms with Crippen LogP contribution in [-0.2, 0) is 0 Å². The second kappa shape index (κ2) is 8.46. The van der Waals surface area contributed by atoms with Crippen LogP contribution in [0.3, 0.4) is 0 Å². The highest BCUT2D eigenvalue weighted by molar-refractivity contribution is 5.33. The normalized spacial score (nSPS) is 27.0. The summed E-state index contributed by atoms with van der Waals surface area (Å²) in [6.07, 6.45) is 18.5. The van der Waals surface area contributed by atoms with Crippen LogP contribution < -0.4 is 11.1 Å². The minimum atomic E-state index is 0.755. The van der Waals surface area contributed by atoms with Crippen LogP contribution in [-0.4, -0.2) is 24.5 Å². The van der Waals surface area contributed by atoms with E-state index in [-0.39, 0.29) is 0 Å². The fourth-order valence-electron chi connectivity index (χ4n) is 4.04. The van der Waals surface area contributed by atoms with E-state index in [1.165, 1.54) is 42.5 Å². The third-order valence-electron chi connectivity index (χ3n) is 5.92. The van der Waals surface area contributed by atoms with Gasteiger partial charge in [-0.3, -0.25) is 0 Å². The molecule has 0 bridgehead atoms. The Morgan fingerprint density at radius 2 is 2.08 bits per heavy atom. The summed E-state index contributed by atoms with van der Waals surface area (Å²) in [6.45, 7) is 7.52. The van der Waals surface area contributed by atoms with E-state index in [0.29, 0.717) is 0 Å². The van der Waals surface area contributed by atoms with Crippen LogP contribution in [0.4, 0.5) is 0 Å². The smallest absolute Gasteiger partial charge is 0.0359 e. The maximum atomic E-state index is 6.29. The maximum absolute atomic E-state index is 6.29. The molecule has 2 aliphatic heterocycles. The summed E-state index contributed by atoms with van der Waals surface area (Å²) in [5, 5.41) is 3.37. The van der Waals surface area contributed by atoms with Crippen LogP contribution in [0.5, 0.6) is 0 Å². The van der Waals surface area contributed by atoms with Crippen molar-refractivity contribution in [2.45, 2.75) is 52.4 Å². The number of nitrogens with zero attached hydrogens (tertiary/aromatic N) is 1. The van der Waals surface area contributed by atoms with Gasteiger partial charge in [0.1, 0.15) is 0 Å². The molecule has 0 amide bonds. The summed E-state index contributed by atoms with van der Waals surface area (Å²) in [5.41, 5.74) is 13.0. The summed E-state index contributed by atoms with van der Waals surface area (Å²) in [7, 11) is 0. The van der Waals surface area contributed by atoms with Gasteiger partial charge in [0, 0.05) is 31.0 Å². The summed E-state index contributed by atoms with van der Waals surface area (Å²) in [4.78, 5) is 2.56. The molecule has 3 rings (SSSR count). The molecule has 0 saturated heterocycles. The zero-order chi connectivity index (χ0) is 17.6. The Balaban J connectivity index is 1.66. The Hall–Kier alpha value is -1.90. The molecule has 0 saturated carbocycles. The molecule has 3 N–H and O–H groups in total. The van der Waals surface area contributed by atoms with Gasteiger partial charge in [-0.05, 0) is 81.2 Å². The number of nitrogens with one attached hydrogen (secondary N) is 1. The SMILES string of the molecule is CC1=C/C=C\CN(C2=CCC(C3=CNCC3)CC2)CCCC(N)=C1C. The van der Waals surface area contributed by atoms with Crippen molar-refractivity contribution in [3.05, 3.63) is 58.6 Å². The number of hydrogen-bond acceptors (Lipinski definition) is 3. The molecule has 3 aliphatic rings. The van der Waals surface area contributed by atoms with E-state index in [1.54, 1.807) is 5.57 Å². The Kier molecular flexibility index (Phi) is 6.06. The fraction of sp³-hybridized carbons (Fsp3) is 0.545. The highest BCUT2D eigenvalue weighted by atomic mass is 15.1. The first-order chi connectivity index (χ1) is 12.1. The van der Waals surface area contributed by atoms with Crippen molar-refractivity contribution in [2.75, 3.05) is 19.6 Å². The number of rotatable bonds is 2. The first-order valence-electron chi connectivity index (χ1n) is 9.80. The second-order valence-corrected chi connectivity index (χ2v) is 7.57. The lowest BCUT2D eigenvalue weighted by Gasteiger charge is -2.31. The standard InChI is InChI=1S/C22H33N3/c1-17-6-3-4-14-25(15-5-7-22(23)18(17)2)21-10-8-19(9-11-21)20-12-13-24-16-20/h3-4,6,10,16,19,24H,5,7-9,11-15,23H2,1-2H3/b4-3-,17-6?,22-18?. The van der Waals surface area contributed by atoms with Gasteiger partial charge in [0.2, 0.25) is 0 Å². The van der Waals surface area contributed by atoms with Crippen LogP contribution in [0.1, 0.15) is 52.4 Å². The van der Waals surface area contributed by atoms with Crippen LogP contribution in [0, 0.1) is 5.92 Å². The first kappa shape index (κ1) is 17.9. The Labute approximate surface area is 153 Å². The van der Waals surface area contributed by atoms with E-state index < -0.39 is 0 Å². The second-order valence-electron chi connectivity index (χ2n) is 7.57. The van der Waals surface area contributed by atoms with Gasteiger partial charge < -0.3 is 16.0 Å². The quantitative estimate of drug-likeness (QED) is 0.784. The summed E-state index contributed by atoms with van der Waals surface area (Å²) >= 11 is 0. The van der Waals surface area contributed by atoms with Crippen LogP contribution >= 0.6 is 0 Å². The number of allylic oxidation sites excluding steroid dienone is 7. The van der Waals surface area contributed by atoms with Crippen molar-refractivity contribution in [2.24, 2.45) is 11.7 Å². The molecule has 2 heterocycles. The van der Waals surface area contributed by atoms with Gasteiger partial charge in [-0.15, -0.1) is 0 Å². The lowest BCUT2D eigenvalue weighted by molar-refractivity contribution is 0.336. The minimum absolute atomic E-state index is 0.755. The van der Waals surface area contributed by atoms with Crippen molar-refractivity contribution < 1.29 is 0 Å². The molecule has 0 aromatic carbocycles. The molecule has 1 aliphatic carbocycles. The molecule has 0 aromatic heterocycles. The summed E-state index contributed by atoms with van der Waals surface area (Å²) < 4.78 is 0. The highest BCUT2D eigenvalue weighted by Gasteiger charge is 2.22. The molecule has 136 valence electrons. The molecular weight excluding hydrogens is 306 g/mol. The molecule has 3 heteroatoms. The van der Waals surface area contributed by atoms with Crippen molar-refractivity contribution in [3.63, 3.8) is 0 Å². The molecule has 1 unspecified atom stereocenters. The van der Waals surface area contributed by atoms with Crippen LogP contribution in [0.15, 0.2) is 58.6 Å². The number of hydrogen-bond donors (Lipinski definition) is 2. The van der Waals surface area contributed by atoms with Gasteiger partial charge in [-0.1, -0.05) is 24.3 Å². The summed E-state index contributed by atoms with van der Waals surface area (Å²) in [6, 6.07) is 0. The predicted octanol–water partition coefficient (Wildman–Crippen LogP) is 4.38. The average molecular weight is 340 g/mol. The van der Waals surface area contributed by atoms with Gasteiger partial charge in [0.25, 0.3) is 0 Å². The summed E-state index contributed by atoms with van der Waals surface area (Å²) in [5.74, 6) is 0.755. The van der Waals surface area contributed by atoms with E-state index in [9.17, 15) is 0 Å². The average Bonchev–Trinajstić information content (AvgIpc) is 3.16. The molecule has 3 nitrogen and oxygen atoms in total. The van der Waals surface area contributed by atoms with Crippen molar-refractivity contribution in [3.8, 4) is 0 Å². The fourth-order valence-corrected chi connectivity index (χ4v) is 4.04. The van der Waals surface area contributed by atoms with Gasteiger partial charge in [-0.2, -0.15) is 0 Å². The highest BCUT2D eigenvalue weighted by Crippen LogP contribution is 2.33. The molecular formula is C22H33N3. The third-order valence-corrected chi connectivity index (χ3v) is 5.92. The van der Waals surface area contributed by atoms with Crippen LogP contribution in [0.2, 0.25) is 0 Å². The first-order valence-corrected chi connectivity index (χ1v) is 9.80. The zero-order valence-corrected chi connectivity index (χ0v) is 15.9. The van der Waals surface area contributed by atoms with Gasteiger partial charge in [0.15, 0.2) is 0 Å². The largest absolute Gasteiger partial charge is 0.402 e. The molecule has 1 atom stereocenters. The molecule has 25 heavy (non-hydrogen) atoms.